The summed E-state index contributed by atoms with van der Waals surface area (Å²) >= 11 is 1.14. The average molecular weight is 200 g/mol. The summed E-state index contributed by atoms with van der Waals surface area (Å²) in [6.07, 6.45) is 0. The molecule has 0 radical (unpaired) electrons. The molecule has 1 N–H and O–H groups in total. The Hall–Kier alpha value is -1.01. The van der Waals surface area contributed by atoms with Gasteiger partial charge in [0.25, 0.3) is 0 Å². The second-order valence-electron chi connectivity index (χ2n) is 3.03. The molecular formula is C7H8N2O3S. The molecule has 0 saturated carbocycles. The van der Waals surface area contributed by atoms with Gasteiger partial charge in [-0.15, -0.1) is 0 Å². The van der Waals surface area contributed by atoms with Gasteiger partial charge in [-0.2, -0.15) is 4.37 Å². The van der Waals surface area contributed by atoms with Crippen LogP contribution in [0.1, 0.15) is 10.8 Å². The minimum atomic E-state index is -0.925. The normalized spacial score (nSPS) is 19.5. The summed E-state index contributed by atoms with van der Waals surface area (Å²) in [6.45, 7) is 2.16. The van der Waals surface area contributed by atoms with Crippen molar-refractivity contribution >= 4 is 17.5 Å². The Balaban J connectivity index is 2.37. The van der Waals surface area contributed by atoms with Crippen LogP contribution >= 0.6 is 11.5 Å². The number of aliphatic carboxylic acids is 1. The van der Waals surface area contributed by atoms with Crippen LogP contribution < -0.4 is 0 Å². The maximum Gasteiger partial charge on any atom is 0.321 e. The third-order valence-corrected chi connectivity index (χ3v) is 3.05. The van der Waals surface area contributed by atoms with Gasteiger partial charge < -0.3 is 9.84 Å². The van der Waals surface area contributed by atoms with E-state index < -0.39 is 11.4 Å². The largest absolute Gasteiger partial charge is 0.480 e. The van der Waals surface area contributed by atoms with Crippen LogP contribution in [0.3, 0.4) is 0 Å². The fourth-order valence-electron chi connectivity index (χ4n) is 1.14. The van der Waals surface area contributed by atoms with Crippen LogP contribution in [0.5, 0.6) is 0 Å². The molecule has 0 atom stereocenters. The Labute approximate surface area is 78.5 Å². The van der Waals surface area contributed by atoms with Crippen molar-refractivity contribution in [3.05, 3.63) is 10.8 Å². The number of rotatable bonds is 2. The quantitative estimate of drug-likeness (QED) is 0.738. The SMILES string of the molecule is Cc1nsc(C2(C(=O)O)COC2)n1. The van der Waals surface area contributed by atoms with Crippen LogP contribution in [0.15, 0.2) is 0 Å². The number of aryl methyl sites for hydroxylation is 1. The highest BCUT2D eigenvalue weighted by atomic mass is 32.1. The molecule has 1 aliphatic rings. The maximum atomic E-state index is 11.0. The zero-order valence-electron chi connectivity index (χ0n) is 6.98. The number of carboxylic acids is 1. The number of hydrogen-bond acceptors (Lipinski definition) is 5. The molecule has 0 amide bonds. The Morgan fingerprint density at radius 2 is 2.38 bits per heavy atom. The monoisotopic (exact) mass is 200 g/mol. The molecule has 1 aromatic heterocycles. The van der Waals surface area contributed by atoms with Gasteiger partial charge in [-0.3, -0.25) is 4.79 Å². The fourth-order valence-corrected chi connectivity index (χ4v) is 1.95. The molecule has 1 saturated heterocycles. The summed E-state index contributed by atoms with van der Waals surface area (Å²) in [5.41, 5.74) is -0.925. The van der Waals surface area contributed by atoms with Crippen molar-refractivity contribution in [1.29, 1.82) is 0 Å². The number of carboxylic acid groups (broad SMARTS) is 1. The number of aromatic nitrogens is 2. The van der Waals surface area contributed by atoms with E-state index in [-0.39, 0.29) is 13.2 Å². The van der Waals surface area contributed by atoms with Gasteiger partial charge in [-0.05, 0) is 18.5 Å². The molecule has 1 aliphatic heterocycles. The average Bonchev–Trinajstić information content (AvgIpc) is 2.32. The molecule has 13 heavy (non-hydrogen) atoms. The second-order valence-corrected chi connectivity index (χ2v) is 3.78. The van der Waals surface area contributed by atoms with Crippen molar-refractivity contribution in [2.45, 2.75) is 12.3 Å². The van der Waals surface area contributed by atoms with E-state index in [1.807, 2.05) is 0 Å². The van der Waals surface area contributed by atoms with E-state index in [1.54, 1.807) is 6.92 Å². The maximum absolute atomic E-state index is 11.0. The lowest BCUT2D eigenvalue weighted by Gasteiger charge is -2.34. The lowest BCUT2D eigenvalue weighted by atomic mass is 9.87. The first-order chi connectivity index (χ1) is 6.15. The van der Waals surface area contributed by atoms with Crippen LogP contribution in [0.2, 0.25) is 0 Å². The summed E-state index contributed by atoms with van der Waals surface area (Å²) in [4.78, 5) is 15.0. The molecule has 5 nitrogen and oxygen atoms in total. The van der Waals surface area contributed by atoms with E-state index in [1.165, 1.54) is 0 Å². The lowest BCUT2D eigenvalue weighted by molar-refractivity contribution is -0.163. The minimum Gasteiger partial charge on any atom is -0.480 e. The number of carbonyl (C=O) groups is 1. The molecule has 0 aliphatic carbocycles. The molecule has 2 rings (SSSR count). The molecule has 0 spiro atoms. The van der Waals surface area contributed by atoms with Gasteiger partial charge in [-0.1, -0.05) is 0 Å². The van der Waals surface area contributed by atoms with Crippen molar-refractivity contribution in [2.24, 2.45) is 0 Å². The molecular weight excluding hydrogens is 192 g/mol. The van der Waals surface area contributed by atoms with Crippen molar-refractivity contribution in [2.75, 3.05) is 13.2 Å². The minimum absolute atomic E-state index is 0.205. The van der Waals surface area contributed by atoms with Gasteiger partial charge >= 0.3 is 5.97 Å². The Morgan fingerprint density at radius 3 is 2.69 bits per heavy atom. The summed E-state index contributed by atoms with van der Waals surface area (Å²) in [5, 5.41) is 9.55. The van der Waals surface area contributed by atoms with Gasteiger partial charge in [-0.25, -0.2) is 4.98 Å². The zero-order chi connectivity index (χ0) is 9.47. The molecule has 0 aromatic carbocycles. The van der Waals surface area contributed by atoms with E-state index >= 15 is 0 Å². The third kappa shape index (κ3) is 1.13. The van der Waals surface area contributed by atoms with E-state index in [0.717, 1.165) is 11.5 Å². The van der Waals surface area contributed by atoms with Gasteiger partial charge in [0.2, 0.25) is 0 Å². The van der Waals surface area contributed by atoms with E-state index in [9.17, 15) is 4.79 Å². The topological polar surface area (TPSA) is 72.3 Å². The number of hydrogen-bond donors (Lipinski definition) is 1. The Bertz CT molecular complexity index is 345. The van der Waals surface area contributed by atoms with Gasteiger partial charge in [0.1, 0.15) is 10.8 Å². The summed E-state index contributed by atoms with van der Waals surface area (Å²) in [5.74, 6) is -0.262. The first-order valence-corrected chi connectivity index (χ1v) is 4.54. The number of ether oxygens (including phenoxy) is 1. The highest BCUT2D eigenvalue weighted by Crippen LogP contribution is 2.33. The summed E-state index contributed by atoms with van der Waals surface area (Å²) in [7, 11) is 0. The van der Waals surface area contributed by atoms with Crippen LogP contribution in [0.25, 0.3) is 0 Å². The highest BCUT2D eigenvalue weighted by molar-refractivity contribution is 7.05. The summed E-state index contributed by atoms with van der Waals surface area (Å²) in [6, 6.07) is 0. The van der Waals surface area contributed by atoms with Crippen LogP contribution in [0, 0.1) is 6.92 Å². The van der Waals surface area contributed by atoms with E-state index in [4.69, 9.17) is 9.84 Å². The smallest absolute Gasteiger partial charge is 0.321 e. The van der Waals surface area contributed by atoms with Gasteiger partial charge in [0.15, 0.2) is 5.41 Å². The highest BCUT2D eigenvalue weighted by Gasteiger charge is 2.50. The zero-order valence-corrected chi connectivity index (χ0v) is 7.80. The standard InChI is InChI=1S/C7H8N2O3S/c1-4-8-5(13-9-4)7(6(10)11)2-12-3-7/h2-3H2,1H3,(H,10,11). The molecule has 6 heteroatoms. The lowest BCUT2D eigenvalue weighted by Crippen LogP contribution is -2.53. The molecule has 2 heterocycles. The Kier molecular flexibility index (Phi) is 1.81. The first kappa shape index (κ1) is 8.58. The van der Waals surface area contributed by atoms with Crippen molar-refractivity contribution in [1.82, 2.24) is 9.36 Å². The first-order valence-electron chi connectivity index (χ1n) is 3.77. The van der Waals surface area contributed by atoms with Crippen LogP contribution in [0.4, 0.5) is 0 Å². The predicted molar refractivity (Wildman–Crippen MR) is 44.8 cm³/mol. The fraction of sp³-hybridized carbons (Fsp3) is 0.571. The molecule has 0 bridgehead atoms. The van der Waals surface area contributed by atoms with Crippen molar-refractivity contribution in [3.63, 3.8) is 0 Å². The second kappa shape index (κ2) is 2.74. The van der Waals surface area contributed by atoms with Gasteiger partial charge in [0, 0.05) is 0 Å². The Morgan fingerprint density at radius 1 is 1.69 bits per heavy atom. The summed E-state index contributed by atoms with van der Waals surface area (Å²) < 4.78 is 8.88. The predicted octanol–water partition coefficient (Wildman–Crippen LogP) is 0.199. The third-order valence-electron chi connectivity index (χ3n) is 2.04. The van der Waals surface area contributed by atoms with Crippen LogP contribution in [-0.2, 0) is 14.9 Å². The molecule has 70 valence electrons. The van der Waals surface area contributed by atoms with Crippen molar-refractivity contribution in [3.8, 4) is 0 Å². The molecule has 1 aromatic rings. The van der Waals surface area contributed by atoms with Crippen molar-refractivity contribution < 1.29 is 14.6 Å². The molecule has 1 fully saturated rings. The van der Waals surface area contributed by atoms with Gasteiger partial charge in [0.05, 0.1) is 13.2 Å². The van der Waals surface area contributed by atoms with Crippen LogP contribution in [-0.4, -0.2) is 33.6 Å². The van der Waals surface area contributed by atoms with E-state index in [2.05, 4.69) is 9.36 Å². The van der Waals surface area contributed by atoms with E-state index in [0.29, 0.717) is 10.8 Å². The number of nitrogens with zero attached hydrogens (tertiary/aromatic N) is 2. The molecule has 0 unspecified atom stereocenters.